The van der Waals surface area contributed by atoms with E-state index in [1.165, 1.54) is 12.1 Å². The molecule has 0 amide bonds. The molecular formula is C15H24N2O3. The molecule has 1 aromatic rings. The number of unbranched alkanes of at least 4 members (excludes halogenated alkanes) is 1. The van der Waals surface area contributed by atoms with Crippen molar-refractivity contribution in [2.75, 3.05) is 11.4 Å². The van der Waals surface area contributed by atoms with Gasteiger partial charge in [-0.25, -0.2) is 0 Å². The summed E-state index contributed by atoms with van der Waals surface area (Å²) >= 11 is 0. The Kier molecular flexibility index (Phi) is 6.45. The lowest BCUT2D eigenvalue weighted by molar-refractivity contribution is -0.384. The number of nitro groups is 1. The summed E-state index contributed by atoms with van der Waals surface area (Å²) in [4.78, 5) is 12.6. The summed E-state index contributed by atoms with van der Waals surface area (Å²) in [5, 5.41) is 20.3. The number of aliphatic hydroxyl groups is 1. The van der Waals surface area contributed by atoms with Crippen molar-refractivity contribution >= 4 is 11.4 Å². The maximum absolute atomic E-state index is 10.8. The van der Waals surface area contributed by atoms with Crippen LogP contribution in [0.25, 0.3) is 0 Å². The van der Waals surface area contributed by atoms with E-state index in [4.69, 9.17) is 0 Å². The minimum absolute atomic E-state index is 0.0254. The first-order valence-electron chi connectivity index (χ1n) is 7.19. The summed E-state index contributed by atoms with van der Waals surface area (Å²) < 4.78 is 0. The fourth-order valence-corrected chi connectivity index (χ4v) is 2.22. The third kappa shape index (κ3) is 3.93. The summed E-state index contributed by atoms with van der Waals surface area (Å²) in [5.74, 6) is 0. The number of anilines is 1. The molecule has 0 fully saturated rings. The van der Waals surface area contributed by atoms with Gasteiger partial charge in [-0.3, -0.25) is 10.1 Å². The molecule has 20 heavy (non-hydrogen) atoms. The Morgan fingerprint density at radius 1 is 1.40 bits per heavy atom. The molecular weight excluding hydrogens is 256 g/mol. The van der Waals surface area contributed by atoms with E-state index in [1.54, 1.807) is 6.07 Å². The van der Waals surface area contributed by atoms with Gasteiger partial charge in [-0.15, -0.1) is 0 Å². The first-order chi connectivity index (χ1) is 9.54. The second-order valence-corrected chi connectivity index (χ2v) is 5.03. The molecule has 112 valence electrons. The standard InChI is InChI=1S/C15H24N2O3/c1-4-6-9-16(12(3)5-2)15-8-7-14(17(19)20)10-13(15)11-18/h7-8,10,12,18H,4-6,9,11H2,1-3H3. The number of hydrogen-bond acceptors (Lipinski definition) is 4. The van der Waals surface area contributed by atoms with E-state index in [-0.39, 0.29) is 12.3 Å². The van der Waals surface area contributed by atoms with Crippen molar-refractivity contribution in [1.29, 1.82) is 0 Å². The van der Waals surface area contributed by atoms with Gasteiger partial charge in [0.25, 0.3) is 5.69 Å². The third-order valence-corrected chi connectivity index (χ3v) is 3.63. The van der Waals surface area contributed by atoms with Crippen LogP contribution in [0.4, 0.5) is 11.4 Å². The van der Waals surface area contributed by atoms with Gasteiger partial charge in [-0.2, -0.15) is 0 Å². The molecule has 0 radical (unpaired) electrons. The van der Waals surface area contributed by atoms with Crippen LogP contribution in [0, 0.1) is 10.1 Å². The van der Waals surface area contributed by atoms with Crippen LogP contribution in [0.1, 0.15) is 45.6 Å². The highest BCUT2D eigenvalue weighted by atomic mass is 16.6. The van der Waals surface area contributed by atoms with Crippen molar-refractivity contribution in [1.82, 2.24) is 0 Å². The molecule has 5 nitrogen and oxygen atoms in total. The molecule has 0 spiro atoms. The van der Waals surface area contributed by atoms with Crippen molar-refractivity contribution in [3.05, 3.63) is 33.9 Å². The molecule has 0 saturated heterocycles. The molecule has 1 atom stereocenters. The molecule has 0 bridgehead atoms. The number of hydrogen-bond donors (Lipinski definition) is 1. The SMILES string of the molecule is CCCCN(c1ccc([N+](=O)[O-])cc1CO)C(C)CC. The lowest BCUT2D eigenvalue weighted by Gasteiger charge is -2.32. The second kappa shape index (κ2) is 7.85. The predicted molar refractivity (Wildman–Crippen MR) is 81.0 cm³/mol. The van der Waals surface area contributed by atoms with Gasteiger partial charge in [0.05, 0.1) is 11.5 Å². The molecule has 0 heterocycles. The zero-order chi connectivity index (χ0) is 15.1. The van der Waals surface area contributed by atoms with Crippen LogP contribution < -0.4 is 4.90 Å². The summed E-state index contributed by atoms with van der Waals surface area (Å²) in [6.07, 6.45) is 3.14. The van der Waals surface area contributed by atoms with Gasteiger partial charge in [0.2, 0.25) is 0 Å². The van der Waals surface area contributed by atoms with E-state index in [0.717, 1.165) is 31.5 Å². The van der Waals surface area contributed by atoms with Crippen molar-refractivity contribution in [2.24, 2.45) is 0 Å². The van der Waals surface area contributed by atoms with E-state index in [9.17, 15) is 15.2 Å². The molecule has 0 aliphatic heterocycles. The average molecular weight is 280 g/mol. The summed E-state index contributed by atoms with van der Waals surface area (Å²) in [6, 6.07) is 5.08. The van der Waals surface area contributed by atoms with Crippen molar-refractivity contribution in [2.45, 2.75) is 52.7 Å². The van der Waals surface area contributed by atoms with E-state index in [1.807, 2.05) is 0 Å². The normalized spacial score (nSPS) is 12.2. The topological polar surface area (TPSA) is 66.6 Å². The monoisotopic (exact) mass is 280 g/mol. The van der Waals surface area contributed by atoms with Crippen LogP contribution in [0.2, 0.25) is 0 Å². The Bertz CT molecular complexity index is 449. The third-order valence-electron chi connectivity index (χ3n) is 3.63. The number of aliphatic hydroxyl groups excluding tert-OH is 1. The first-order valence-corrected chi connectivity index (χ1v) is 7.19. The Morgan fingerprint density at radius 2 is 2.10 bits per heavy atom. The van der Waals surface area contributed by atoms with Crippen molar-refractivity contribution in [3.63, 3.8) is 0 Å². The quantitative estimate of drug-likeness (QED) is 0.584. The highest BCUT2D eigenvalue weighted by Gasteiger charge is 2.18. The zero-order valence-electron chi connectivity index (χ0n) is 12.5. The van der Waals surface area contributed by atoms with Gasteiger partial charge in [-0.1, -0.05) is 20.3 Å². The lowest BCUT2D eigenvalue weighted by atomic mass is 10.1. The summed E-state index contributed by atoms with van der Waals surface area (Å²) in [5.41, 5.74) is 1.55. The molecule has 0 aliphatic rings. The minimum Gasteiger partial charge on any atom is -0.392 e. The van der Waals surface area contributed by atoms with Crippen LogP contribution in [0.5, 0.6) is 0 Å². The highest BCUT2D eigenvalue weighted by Crippen LogP contribution is 2.28. The number of nitro benzene ring substituents is 1. The Hall–Kier alpha value is -1.62. The number of non-ortho nitro benzene ring substituents is 1. The zero-order valence-corrected chi connectivity index (χ0v) is 12.5. The molecule has 1 aromatic carbocycles. The van der Waals surface area contributed by atoms with Crippen LogP contribution in [-0.4, -0.2) is 22.6 Å². The van der Waals surface area contributed by atoms with E-state index in [2.05, 4.69) is 25.7 Å². The van der Waals surface area contributed by atoms with E-state index >= 15 is 0 Å². The largest absolute Gasteiger partial charge is 0.392 e. The Labute approximate surface area is 120 Å². The van der Waals surface area contributed by atoms with Crippen LogP contribution in [0.15, 0.2) is 18.2 Å². The van der Waals surface area contributed by atoms with Crippen LogP contribution in [0.3, 0.4) is 0 Å². The van der Waals surface area contributed by atoms with Gasteiger partial charge >= 0.3 is 0 Å². The van der Waals surface area contributed by atoms with Crippen LogP contribution >= 0.6 is 0 Å². The average Bonchev–Trinajstić information content (AvgIpc) is 2.47. The van der Waals surface area contributed by atoms with Gasteiger partial charge in [0.15, 0.2) is 0 Å². The fraction of sp³-hybridized carbons (Fsp3) is 0.600. The summed E-state index contributed by atoms with van der Waals surface area (Å²) in [7, 11) is 0. The molecule has 0 aromatic heterocycles. The molecule has 1 unspecified atom stereocenters. The smallest absolute Gasteiger partial charge is 0.269 e. The maximum atomic E-state index is 10.8. The van der Waals surface area contributed by atoms with Gasteiger partial charge in [0.1, 0.15) is 0 Å². The second-order valence-electron chi connectivity index (χ2n) is 5.03. The maximum Gasteiger partial charge on any atom is 0.269 e. The van der Waals surface area contributed by atoms with E-state index < -0.39 is 4.92 Å². The summed E-state index contributed by atoms with van der Waals surface area (Å²) in [6.45, 7) is 7.11. The van der Waals surface area contributed by atoms with Gasteiger partial charge in [-0.05, 0) is 25.8 Å². The molecule has 0 saturated carbocycles. The first kappa shape index (κ1) is 16.4. The van der Waals surface area contributed by atoms with Gasteiger partial charge < -0.3 is 10.0 Å². The van der Waals surface area contributed by atoms with Crippen LogP contribution in [-0.2, 0) is 6.61 Å². The van der Waals surface area contributed by atoms with Crippen molar-refractivity contribution < 1.29 is 10.0 Å². The Balaban J connectivity index is 3.14. The molecule has 0 aliphatic carbocycles. The lowest BCUT2D eigenvalue weighted by Crippen LogP contribution is -2.34. The number of nitrogens with zero attached hydrogens (tertiary/aromatic N) is 2. The molecule has 5 heteroatoms. The molecule has 1 N–H and O–H groups in total. The minimum atomic E-state index is -0.428. The van der Waals surface area contributed by atoms with Crippen molar-refractivity contribution in [3.8, 4) is 0 Å². The van der Waals surface area contributed by atoms with E-state index in [0.29, 0.717) is 11.6 Å². The predicted octanol–water partition coefficient (Wildman–Crippen LogP) is 3.49. The Morgan fingerprint density at radius 3 is 2.60 bits per heavy atom. The number of rotatable bonds is 8. The highest BCUT2D eigenvalue weighted by molar-refractivity contribution is 5.58. The number of benzene rings is 1. The fourth-order valence-electron chi connectivity index (χ4n) is 2.22. The van der Waals surface area contributed by atoms with Gasteiger partial charge in [0, 0.05) is 36.0 Å². The molecule has 1 rings (SSSR count).